The third kappa shape index (κ3) is 2.92. The van der Waals surface area contributed by atoms with Crippen molar-refractivity contribution >= 4 is 35.1 Å². The van der Waals surface area contributed by atoms with Gasteiger partial charge in [0, 0.05) is 24.0 Å². The molecule has 0 spiro atoms. The number of nitrogens with zero attached hydrogens (tertiary/aromatic N) is 4. The van der Waals surface area contributed by atoms with Crippen LogP contribution in [0.2, 0.25) is 0 Å². The first-order chi connectivity index (χ1) is 14.5. The van der Waals surface area contributed by atoms with Crippen LogP contribution in [0, 0.1) is 6.92 Å². The van der Waals surface area contributed by atoms with Crippen molar-refractivity contribution in [3.63, 3.8) is 0 Å². The number of carboxylic acid groups (broad SMARTS) is 1. The maximum absolute atomic E-state index is 13.0. The lowest BCUT2D eigenvalue weighted by Crippen LogP contribution is -2.47. The summed E-state index contributed by atoms with van der Waals surface area (Å²) in [6.07, 6.45) is 3.15. The maximum Gasteiger partial charge on any atom is 0.327 e. The summed E-state index contributed by atoms with van der Waals surface area (Å²) in [5, 5.41) is 19.9. The zero-order chi connectivity index (χ0) is 20.8. The highest BCUT2D eigenvalue weighted by Crippen LogP contribution is 2.50. The lowest BCUT2D eigenvalue weighted by Gasteiger charge is -2.34. The summed E-state index contributed by atoms with van der Waals surface area (Å²) in [5.74, 6) is -0.0511. The number of hydrogen-bond donors (Lipinski definition) is 2. The highest BCUT2D eigenvalue weighted by Gasteiger charge is 2.46. The Kier molecular flexibility index (Phi) is 4.28. The third-order valence-electron chi connectivity index (χ3n) is 4.93. The Hall–Kier alpha value is -3.66. The van der Waals surface area contributed by atoms with Crippen LogP contribution in [0.3, 0.4) is 0 Å². The number of anilines is 2. The molecule has 2 atom stereocenters. The quantitative estimate of drug-likeness (QED) is 0.658. The van der Waals surface area contributed by atoms with E-state index in [9.17, 15) is 14.7 Å². The number of pyridine rings is 1. The number of carbonyl (C=O) groups excluding carboxylic acids is 1. The summed E-state index contributed by atoms with van der Waals surface area (Å²) in [5.41, 5.74) is 2.83. The maximum atomic E-state index is 13.0. The number of urea groups is 1. The van der Waals surface area contributed by atoms with Crippen LogP contribution in [-0.4, -0.2) is 37.5 Å². The summed E-state index contributed by atoms with van der Waals surface area (Å²) in [4.78, 5) is 30.5. The largest absolute Gasteiger partial charge is 0.480 e. The van der Waals surface area contributed by atoms with Gasteiger partial charge in [0.25, 0.3) is 0 Å². The van der Waals surface area contributed by atoms with Gasteiger partial charge in [-0.15, -0.1) is 5.10 Å². The molecule has 3 aromatic rings. The van der Waals surface area contributed by atoms with Crippen LogP contribution in [0.5, 0.6) is 11.6 Å². The molecule has 150 valence electrons. The highest BCUT2D eigenvalue weighted by atomic mass is 32.2. The first-order valence-electron chi connectivity index (χ1n) is 9.08. The van der Waals surface area contributed by atoms with Crippen molar-refractivity contribution in [2.45, 2.75) is 23.2 Å². The van der Waals surface area contributed by atoms with Crippen LogP contribution in [0.4, 0.5) is 16.2 Å². The van der Waals surface area contributed by atoms with E-state index in [2.05, 4.69) is 20.5 Å². The van der Waals surface area contributed by atoms with E-state index in [4.69, 9.17) is 4.74 Å². The summed E-state index contributed by atoms with van der Waals surface area (Å²) >= 11 is 1.15. The summed E-state index contributed by atoms with van der Waals surface area (Å²) in [6.45, 7) is 1.87. The molecule has 0 saturated carbocycles. The second kappa shape index (κ2) is 6.99. The Morgan fingerprint density at radius 1 is 1.23 bits per heavy atom. The molecule has 0 radical (unpaired) electrons. The standard InChI is InChI=1S/C20H15N5O4S/c1-10-9-11(29-14-3-2-7-22-24-14)4-5-12(10)25-13-6-8-21-18-15(13)16(23-20(25)28)17(30-18)19(26)27/h2-9,16-17H,1H3,(H,23,28)(H,26,27). The molecule has 2 aliphatic rings. The van der Waals surface area contributed by atoms with Gasteiger partial charge >= 0.3 is 12.0 Å². The monoisotopic (exact) mass is 421 g/mol. The Morgan fingerprint density at radius 3 is 2.83 bits per heavy atom. The predicted molar refractivity (Wildman–Crippen MR) is 108 cm³/mol. The number of hydrogen-bond acceptors (Lipinski definition) is 7. The predicted octanol–water partition coefficient (Wildman–Crippen LogP) is 3.43. The van der Waals surface area contributed by atoms with E-state index in [1.165, 1.54) is 0 Å². The van der Waals surface area contributed by atoms with Gasteiger partial charge in [0.1, 0.15) is 16.0 Å². The smallest absolute Gasteiger partial charge is 0.327 e. The van der Waals surface area contributed by atoms with Crippen molar-refractivity contribution in [1.82, 2.24) is 20.5 Å². The number of benzene rings is 1. The third-order valence-corrected chi connectivity index (χ3v) is 6.20. The normalized spacial score (nSPS) is 19.2. The van der Waals surface area contributed by atoms with E-state index in [1.54, 1.807) is 53.7 Å². The number of ether oxygens (including phenoxy) is 1. The van der Waals surface area contributed by atoms with Crippen molar-refractivity contribution in [3.05, 3.63) is 59.9 Å². The van der Waals surface area contributed by atoms with Gasteiger partial charge in [-0.3, -0.25) is 9.69 Å². The first-order valence-corrected chi connectivity index (χ1v) is 9.96. The Bertz CT molecular complexity index is 1170. The van der Waals surface area contributed by atoms with Crippen molar-refractivity contribution in [1.29, 1.82) is 0 Å². The van der Waals surface area contributed by atoms with Crippen molar-refractivity contribution < 1.29 is 19.4 Å². The number of carbonyl (C=O) groups is 2. The number of aromatic nitrogens is 3. The molecule has 0 saturated heterocycles. The van der Waals surface area contributed by atoms with Crippen molar-refractivity contribution in [3.8, 4) is 11.6 Å². The summed E-state index contributed by atoms with van der Waals surface area (Å²) < 4.78 is 5.71. The molecule has 2 N–H and O–H groups in total. The second-order valence-corrected chi connectivity index (χ2v) is 7.93. The van der Waals surface area contributed by atoms with Gasteiger partial charge in [-0.1, -0.05) is 11.8 Å². The number of aliphatic carboxylic acids is 1. The summed E-state index contributed by atoms with van der Waals surface area (Å²) in [7, 11) is 0. The van der Waals surface area contributed by atoms with Crippen molar-refractivity contribution in [2.75, 3.05) is 4.90 Å². The number of carboxylic acids is 1. The second-order valence-electron chi connectivity index (χ2n) is 6.80. The fourth-order valence-corrected chi connectivity index (χ4v) is 4.82. The summed E-state index contributed by atoms with van der Waals surface area (Å²) in [6, 6.07) is 9.49. The van der Waals surface area contributed by atoms with E-state index >= 15 is 0 Å². The number of amides is 2. The van der Waals surface area contributed by atoms with E-state index in [1.807, 2.05) is 6.92 Å². The van der Waals surface area contributed by atoms with E-state index in [0.717, 1.165) is 22.9 Å². The van der Waals surface area contributed by atoms with Gasteiger partial charge in [-0.2, -0.15) is 5.10 Å². The molecular formula is C20H15N5O4S. The molecular weight excluding hydrogens is 406 g/mol. The molecule has 2 aliphatic heterocycles. The molecule has 30 heavy (non-hydrogen) atoms. The van der Waals surface area contributed by atoms with Gasteiger partial charge in [0.15, 0.2) is 0 Å². The molecule has 4 heterocycles. The van der Waals surface area contributed by atoms with Gasteiger partial charge in [0.2, 0.25) is 5.88 Å². The van der Waals surface area contributed by atoms with Gasteiger partial charge in [0.05, 0.1) is 17.4 Å². The Balaban J connectivity index is 1.53. The number of nitrogens with one attached hydrogen (secondary N) is 1. The molecule has 1 aromatic carbocycles. The van der Waals surface area contributed by atoms with E-state index < -0.39 is 17.3 Å². The molecule has 5 rings (SSSR count). The zero-order valence-electron chi connectivity index (χ0n) is 15.6. The topological polar surface area (TPSA) is 118 Å². The van der Waals surface area contributed by atoms with Gasteiger partial charge in [-0.05, 0) is 42.8 Å². The fourth-order valence-electron chi connectivity index (χ4n) is 3.66. The van der Waals surface area contributed by atoms with Gasteiger partial charge < -0.3 is 15.2 Å². The molecule has 2 unspecified atom stereocenters. The van der Waals surface area contributed by atoms with Gasteiger partial charge in [-0.25, -0.2) is 9.78 Å². The average molecular weight is 421 g/mol. The fraction of sp³-hybridized carbons (Fsp3) is 0.150. The lowest BCUT2D eigenvalue weighted by atomic mass is 10.00. The first kappa shape index (κ1) is 18.4. The number of aryl methyl sites for hydroxylation is 1. The lowest BCUT2D eigenvalue weighted by molar-refractivity contribution is -0.136. The molecule has 9 nitrogen and oxygen atoms in total. The van der Waals surface area contributed by atoms with Crippen molar-refractivity contribution in [2.24, 2.45) is 0 Å². The SMILES string of the molecule is Cc1cc(Oc2cccnn2)ccc1N1C(=O)NC2c3c1ccnc3SC2C(=O)O. The molecule has 2 amide bonds. The zero-order valence-corrected chi connectivity index (χ0v) is 16.5. The van der Waals surface area contributed by atoms with Crippen LogP contribution >= 0.6 is 11.8 Å². The molecule has 0 bridgehead atoms. The Labute approximate surface area is 175 Å². The highest BCUT2D eigenvalue weighted by molar-refractivity contribution is 8.00. The van der Waals surface area contributed by atoms with Crippen LogP contribution in [-0.2, 0) is 4.79 Å². The van der Waals surface area contributed by atoms with E-state index in [0.29, 0.717) is 28.0 Å². The number of rotatable bonds is 4. The Morgan fingerprint density at radius 2 is 2.10 bits per heavy atom. The molecule has 0 fully saturated rings. The minimum Gasteiger partial charge on any atom is -0.480 e. The van der Waals surface area contributed by atoms with Crippen LogP contribution < -0.4 is 15.0 Å². The van der Waals surface area contributed by atoms with Crippen LogP contribution in [0.1, 0.15) is 17.2 Å². The molecule has 2 aromatic heterocycles. The molecule has 10 heteroatoms. The average Bonchev–Trinajstić information content (AvgIpc) is 3.10. The molecule has 0 aliphatic carbocycles. The van der Waals surface area contributed by atoms with Crippen LogP contribution in [0.15, 0.2) is 53.8 Å². The van der Waals surface area contributed by atoms with Crippen LogP contribution in [0.25, 0.3) is 0 Å². The number of thioether (sulfide) groups is 1. The minimum atomic E-state index is -0.982. The minimum absolute atomic E-state index is 0.367. The van der Waals surface area contributed by atoms with E-state index in [-0.39, 0.29) is 6.03 Å².